The van der Waals surface area contributed by atoms with E-state index in [1.165, 1.54) is 0 Å². The summed E-state index contributed by atoms with van der Waals surface area (Å²) in [5.74, 6) is 0.498. The van der Waals surface area contributed by atoms with Gasteiger partial charge < -0.3 is 16.0 Å². The van der Waals surface area contributed by atoms with E-state index in [0.717, 1.165) is 25.1 Å². The highest BCUT2D eigenvalue weighted by molar-refractivity contribution is 5.74. The van der Waals surface area contributed by atoms with Gasteiger partial charge >= 0.3 is 6.03 Å². The van der Waals surface area contributed by atoms with E-state index in [0.29, 0.717) is 25.4 Å². The second-order valence-electron chi connectivity index (χ2n) is 5.71. The molecule has 7 nitrogen and oxygen atoms in total. The highest BCUT2D eigenvalue weighted by Gasteiger charge is 2.51. The third-order valence-corrected chi connectivity index (χ3v) is 4.29. The molecule has 1 aliphatic carbocycles. The molecule has 2 amide bonds. The molecule has 0 radical (unpaired) electrons. The summed E-state index contributed by atoms with van der Waals surface area (Å²) in [7, 11) is 1.83. The zero-order valence-corrected chi connectivity index (χ0v) is 11.2. The molecule has 0 spiro atoms. The monoisotopic (exact) mass is 264 g/mol. The molecule has 1 saturated heterocycles. The van der Waals surface area contributed by atoms with Gasteiger partial charge in [0.1, 0.15) is 0 Å². The van der Waals surface area contributed by atoms with Crippen LogP contribution in [-0.4, -0.2) is 51.1 Å². The molecule has 2 aliphatic rings. The molecule has 3 N–H and O–H groups in total. The first-order chi connectivity index (χ1) is 9.07. The summed E-state index contributed by atoms with van der Waals surface area (Å²) < 4.78 is 1.66. The minimum absolute atomic E-state index is 0.0110. The zero-order chi connectivity index (χ0) is 13.5. The smallest absolute Gasteiger partial charge is 0.317 e. The second-order valence-corrected chi connectivity index (χ2v) is 5.71. The number of hydrogen-bond acceptors (Lipinski definition) is 4. The predicted octanol–water partition coefficient (Wildman–Crippen LogP) is -0.510. The fourth-order valence-electron chi connectivity index (χ4n) is 2.96. The minimum Gasteiger partial charge on any atom is -0.338 e. The molecule has 3 rings (SSSR count). The molecule has 7 heteroatoms. The van der Waals surface area contributed by atoms with Crippen molar-refractivity contribution in [1.82, 2.24) is 25.2 Å². The van der Waals surface area contributed by atoms with E-state index >= 15 is 0 Å². The number of nitrogens with zero attached hydrogens (tertiary/aromatic N) is 4. The van der Waals surface area contributed by atoms with E-state index in [-0.39, 0.29) is 11.6 Å². The number of fused-ring (bicyclic) bond motifs is 1. The summed E-state index contributed by atoms with van der Waals surface area (Å²) in [5.41, 5.74) is 7.00. The van der Waals surface area contributed by atoms with Crippen LogP contribution < -0.4 is 11.1 Å². The lowest BCUT2D eigenvalue weighted by atomic mass is 9.70. The molecule has 1 aromatic rings. The Morgan fingerprint density at radius 3 is 3.05 bits per heavy atom. The van der Waals surface area contributed by atoms with Gasteiger partial charge in [0.05, 0.1) is 5.69 Å². The lowest BCUT2D eigenvalue weighted by Gasteiger charge is -2.39. The van der Waals surface area contributed by atoms with Crippen LogP contribution in [0.25, 0.3) is 0 Å². The van der Waals surface area contributed by atoms with Gasteiger partial charge in [0, 0.05) is 44.8 Å². The van der Waals surface area contributed by atoms with Crippen LogP contribution in [0.15, 0.2) is 6.20 Å². The largest absolute Gasteiger partial charge is 0.338 e. The maximum Gasteiger partial charge on any atom is 0.317 e. The molecule has 0 aromatic carbocycles. The van der Waals surface area contributed by atoms with Crippen molar-refractivity contribution in [3.63, 3.8) is 0 Å². The van der Waals surface area contributed by atoms with Crippen molar-refractivity contribution < 1.29 is 4.79 Å². The van der Waals surface area contributed by atoms with Gasteiger partial charge in [-0.2, -0.15) is 0 Å². The summed E-state index contributed by atoms with van der Waals surface area (Å²) in [5, 5.41) is 10.8. The maximum atomic E-state index is 12.0. The van der Waals surface area contributed by atoms with Gasteiger partial charge in [-0.15, -0.1) is 5.10 Å². The van der Waals surface area contributed by atoms with Gasteiger partial charge in [0.25, 0.3) is 0 Å². The van der Waals surface area contributed by atoms with Gasteiger partial charge in [0.2, 0.25) is 0 Å². The van der Waals surface area contributed by atoms with Crippen LogP contribution >= 0.6 is 0 Å². The summed E-state index contributed by atoms with van der Waals surface area (Å²) in [4.78, 5) is 13.9. The Morgan fingerprint density at radius 2 is 2.53 bits per heavy atom. The Labute approximate surface area is 112 Å². The SMILES string of the molecule is Cn1cc(CCNC(=O)N2C[C@@H]3CC[C@]3(N)C2)nn1. The van der Waals surface area contributed by atoms with Crippen LogP contribution in [0.4, 0.5) is 4.79 Å². The number of nitrogens with two attached hydrogens (primary N) is 1. The number of likely N-dealkylation sites (tertiary alicyclic amines) is 1. The van der Waals surface area contributed by atoms with Crippen LogP contribution in [0, 0.1) is 5.92 Å². The van der Waals surface area contributed by atoms with Crippen molar-refractivity contribution in [1.29, 1.82) is 0 Å². The van der Waals surface area contributed by atoms with Gasteiger partial charge in [-0.25, -0.2) is 4.79 Å². The van der Waals surface area contributed by atoms with Gasteiger partial charge in [-0.3, -0.25) is 4.68 Å². The highest BCUT2D eigenvalue weighted by Crippen LogP contribution is 2.42. The lowest BCUT2D eigenvalue weighted by molar-refractivity contribution is 0.187. The lowest BCUT2D eigenvalue weighted by Crippen LogP contribution is -2.55. The van der Waals surface area contributed by atoms with Crippen molar-refractivity contribution in [2.45, 2.75) is 24.8 Å². The Balaban J connectivity index is 1.44. The average Bonchev–Trinajstić information content (AvgIpc) is 2.86. The minimum atomic E-state index is -0.109. The Kier molecular flexibility index (Phi) is 2.93. The molecular formula is C12H20N6O. The van der Waals surface area contributed by atoms with E-state index in [9.17, 15) is 4.79 Å². The number of hydrogen-bond donors (Lipinski definition) is 2. The van der Waals surface area contributed by atoms with Crippen molar-refractivity contribution in [3.8, 4) is 0 Å². The van der Waals surface area contributed by atoms with Crippen LogP contribution in [-0.2, 0) is 13.5 Å². The standard InChI is InChI=1S/C12H20N6O/c1-17-7-10(15-16-17)3-5-14-11(19)18-6-9-2-4-12(9,13)8-18/h7,9H,2-6,8,13H2,1H3,(H,14,19)/t9-,12-/m0/s1. The van der Waals surface area contributed by atoms with Gasteiger partial charge in [-0.1, -0.05) is 5.21 Å². The molecule has 0 unspecified atom stereocenters. The maximum absolute atomic E-state index is 12.0. The highest BCUT2D eigenvalue weighted by atomic mass is 16.2. The fraction of sp³-hybridized carbons (Fsp3) is 0.750. The normalized spacial score (nSPS) is 28.9. The first-order valence-electron chi connectivity index (χ1n) is 6.74. The molecular weight excluding hydrogens is 244 g/mol. The molecule has 1 aliphatic heterocycles. The van der Waals surface area contributed by atoms with Crippen LogP contribution in [0.5, 0.6) is 0 Å². The average molecular weight is 264 g/mol. The van der Waals surface area contributed by atoms with E-state index in [1.807, 2.05) is 18.1 Å². The number of carbonyl (C=O) groups excluding carboxylic acids is 1. The number of nitrogens with one attached hydrogen (secondary N) is 1. The van der Waals surface area contributed by atoms with Crippen molar-refractivity contribution in [3.05, 3.63) is 11.9 Å². The summed E-state index contributed by atoms with van der Waals surface area (Å²) >= 11 is 0. The molecule has 2 fully saturated rings. The molecule has 104 valence electrons. The zero-order valence-electron chi connectivity index (χ0n) is 11.2. The second kappa shape index (κ2) is 4.48. The predicted molar refractivity (Wildman–Crippen MR) is 69.3 cm³/mol. The number of urea groups is 1. The first-order valence-corrected chi connectivity index (χ1v) is 6.74. The van der Waals surface area contributed by atoms with Crippen LogP contribution in [0.2, 0.25) is 0 Å². The van der Waals surface area contributed by atoms with E-state index in [2.05, 4.69) is 15.6 Å². The summed E-state index contributed by atoms with van der Waals surface area (Å²) in [6.07, 6.45) is 4.75. The third-order valence-electron chi connectivity index (χ3n) is 4.29. The number of carbonyl (C=O) groups is 1. The Bertz CT molecular complexity index is 486. The molecule has 2 heterocycles. The first kappa shape index (κ1) is 12.4. The Morgan fingerprint density at radius 1 is 1.68 bits per heavy atom. The molecule has 2 atom stereocenters. The molecule has 0 bridgehead atoms. The van der Waals surface area contributed by atoms with Gasteiger partial charge in [-0.05, 0) is 18.8 Å². The van der Waals surface area contributed by atoms with Crippen molar-refractivity contribution in [2.75, 3.05) is 19.6 Å². The quantitative estimate of drug-likeness (QED) is 0.769. The van der Waals surface area contributed by atoms with Gasteiger partial charge in [0.15, 0.2) is 0 Å². The van der Waals surface area contributed by atoms with Crippen molar-refractivity contribution >= 4 is 6.03 Å². The summed E-state index contributed by atoms with van der Waals surface area (Å²) in [6.45, 7) is 2.07. The third kappa shape index (κ3) is 2.30. The van der Waals surface area contributed by atoms with Crippen LogP contribution in [0.3, 0.4) is 0 Å². The number of aryl methyl sites for hydroxylation is 1. The van der Waals surface area contributed by atoms with E-state index < -0.39 is 0 Å². The number of aromatic nitrogens is 3. The molecule has 19 heavy (non-hydrogen) atoms. The number of rotatable bonds is 3. The summed E-state index contributed by atoms with van der Waals surface area (Å²) in [6, 6.07) is -0.0110. The van der Waals surface area contributed by atoms with E-state index in [4.69, 9.17) is 5.73 Å². The molecule has 1 aromatic heterocycles. The fourth-order valence-corrected chi connectivity index (χ4v) is 2.96. The van der Waals surface area contributed by atoms with E-state index in [1.54, 1.807) is 4.68 Å². The topological polar surface area (TPSA) is 89.1 Å². The Hall–Kier alpha value is -1.63. The van der Waals surface area contributed by atoms with Crippen LogP contribution in [0.1, 0.15) is 18.5 Å². The number of amides is 2. The van der Waals surface area contributed by atoms with Crippen molar-refractivity contribution in [2.24, 2.45) is 18.7 Å². The molecule has 1 saturated carbocycles.